The number of nitrogens with zero attached hydrogens (tertiary/aromatic N) is 2. The largest absolute Gasteiger partial charge is 0.493 e. The highest BCUT2D eigenvalue weighted by Gasteiger charge is 2.42. The van der Waals surface area contributed by atoms with E-state index in [4.69, 9.17) is 14.2 Å². The number of fused-ring (bicyclic) bond motifs is 1. The summed E-state index contributed by atoms with van der Waals surface area (Å²) in [4.78, 5) is 42.5. The number of hydrogen-bond donors (Lipinski definition) is 0. The number of hydrogen-bond acceptors (Lipinski definition) is 6. The molecule has 2 aromatic rings. The van der Waals surface area contributed by atoms with Crippen LogP contribution in [0.1, 0.15) is 61.4 Å². The van der Waals surface area contributed by atoms with Crippen LogP contribution in [0.3, 0.4) is 0 Å². The summed E-state index contributed by atoms with van der Waals surface area (Å²) in [7, 11) is 0. The number of Topliss-reactive ketones (excluding diaryl/α,β-unsaturated/α-hetero) is 1. The third kappa shape index (κ3) is 6.49. The van der Waals surface area contributed by atoms with Crippen molar-refractivity contribution in [3.63, 3.8) is 0 Å². The fourth-order valence-corrected chi connectivity index (χ4v) is 5.79. The monoisotopic (exact) mass is 546 g/mol. The SMILES string of the molecule is CCOc1ccccc1C=CC(=O)N1CCC2(CC1)CCN(C(=O)CCC(=O)c1ccc3c(c1)OCCCO3)C2. The predicted molar refractivity (Wildman–Crippen MR) is 152 cm³/mol. The van der Waals surface area contributed by atoms with Crippen LogP contribution in [0.2, 0.25) is 0 Å². The van der Waals surface area contributed by atoms with Crippen LogP contribution in [0, 0.1) is 5.41 Å². The number of para-hydroxylation sites is 1. The molecule has 0 aliphatic carbocycles. The minimum absolute atomic E-state index is 0.000330. The van der Waals surface area contributed by atoms with Gasteiger partial charge >= 0.3 is 0 Å². The average molecular weight is 547 g/mol. The molecule has 3 heterocycles. The second kappa shape index (κ2) is 12.6. The van der Waals surface area contributed by atoms with E-state index < -0.39 is 0 Å². The first-order valence-electron chi connectivity index (χ1n) is 14.4. The summed E-state index contributed by atoms with van der Waals surface area (Å²) in [5.41, 5.74) is 1.48. The zero-order chi connectivity index (χ0) is 28.0. The van der Waals surface area contributed by atoms with Crippen LogP contribution in [0.25, 0.3) is 6.08 Å². The predicted octanol–water partition coefficient (Wildman–Crippen LogP) is 4.76. The smallest absolute Gasteiger partial charge is 0.246 e. The van der Waals surface area contributed by atoms with Crippen molar-refractivity contribution in [2.24, 2.45) is 5.41 Å². The van der Waals surface area contributed by atoms with E-state index >= 15 is 0 Å². The van der Waals surface area contributed by atoms with E-state index in [1.54, 1.807) is 24.3 Å². The molecule has 3 aliphatic heterocycles. The van der Waals surface area contributed by atoms with Crippen LogP contribution in [-0.2, 0) is 9.59 Å². The van der Waals surface area contributed by atoms with Gasteiger partial charge in [0.2, 0.25) is 11.8 Å². The van der Waals surface area contributed by atoms with E-state index in [1.807, 2.05) is 47.1 Å². The van der Waals surface area contributed by atoms with Gasteiger partial charge in [0.05, 0.1) is 19.8 Å². The molecule has 3 aliphatic rings. The number of ether oxygens (including phenoxy) is 3. The van der Waals surface area contributed by atoms with E-state index in [-0.39, 0.29) is 35.9 Å². The summed E-state index contributed by atoms with van der Waals surface area (Å²) < 4.78 is 17.0. The highest BCUT2D eigenvalue weighted by atomic mass is 16.5. The molecule has 40 heavy (non-hydrogen) atoms. The van der Waals surface area contributed by atoms with Gasteiger partial charge in [-0.15, -0.1) is 0 Å². The van der Waals surface area contributed by atoms with Gasteiger partial charge in [-0.25, -0.2) is 0 Å². The number of rotatable bonds is 8. The highest BCUT2D eigenvalue weighted by molar-refractivity contribution is 5.98. The fourth-order valence-electron chi connectivity index (χ4n) is 5.79. The van der Waals surface area contributed by atoms with Crippen molar-refractivity contribution in [3.8, 4) is 17.2 Å². The highest BCUT2D eigenvalue weighted by Crippen LogP contribution is 2.41. The van der Waals surface area contributed by atoms with Gasteiger partial charge in [-0.1, -0.05) is 18.2 Å². The molecule has 8 nitrogen and oxygen atoms in total. The molecule has 1 spiro atoms. The molecule has 2 saturated heterocycles. The second-order valence-electron chi connectivity index (χ2n) is 10.8. The maximum absolute atomic E-state index is 13.0. The molecule has 0 atom stereocenters. The van der Waals surface area contributed by atoms with Gasteiger partial charge in [-0.3, -0.25) is 14.4 Å². The van der Waals surface area contributed by atoms with Crippen LogP contribution in [0.5, 0.6) is 17.2 Å². The summed E-state index contributed by atoms with van der Waals surface area (Å²) in [6.07, 6.45) is 7.31. The second-order valence-corrected chi connectivity index (χ2v) is 10.8. The Balaban J connectivity index is 1.09. The Hall–Kier alpha value is -3.81. The molecule has 0 saturated carbocycles. The van der Waals surface area contributed by atoms with E-state index in [1.165, 1.54) is 0 Å². The van der Waals surface area contributed by atoms with Gasteiger partial charge in [0.15, 0.2) is 17.3 Å². The lowest BCUT2D eigenvalue weighted by molar-refractivity contribution is -0.132. The molecule has 0 radical (unpaired) electrons. The minimum atomic E-state index is -0.0679. The molecule has 2 aromatic carbocycles. The number of carbonyl (C=O) groups excluding carboxylic acids is 3. The van der Waals surface area contributed by atoms with Gasteiger partial charge in [0, 0.05) is 62.6 Å². The molecule has 0 bridgehead atoms. The lowest BCUT2D eigenvalue weighted by Crippen LogP contribution is -2.44. The van der Waals surface area contributed by atoms with Gasteiger partial charge < -0.3 is 24.0 Å². The van der Waals surface area contributed by atoms with Crippen LogP contribution in [-0.4, -0.2) is 73.4 Å². The lowest BCUT2D eigenvalue weighted by Gasteiger charge is -2.39. The number of amides is 2. The molecule has 0 N–H and O–H groups in total. The number of carbonyl (C=O) groups is 3. The van der Waals surface area contributed by atoms with Crippen molar-refractivity contribution >= 4 is 23.7 Å². The lowest BCUT2D eigenvalue weighted by atomic mass is 9.78. The Kier molecular flexibility index (Phi) is 8.72. The van der Waals surface area contributed by atoms with Crippen LogP contribution >= 0.6 is 0 Å². The zero-order valence-electron chi connectivity index (χ0n) is 23.2. The fraction of sp³-hybridized carbons (Fsp3) is 0.469. The summed E-state index contributed by atoms with van der Waals surface area (Å²) in [5, 5.41) is 0. The molecule has 2 fully saturated rings. The first-order chi connectivity index (χ1) is 19.5. The third-order valence-corrected chi connectivity index (χ3v) is 8.19. The van der Waals surface area contributed by atoms with Crippen molar-refractivity contribution in [2.75, 3.05) is 46.0 Å². The van der Waals surface area contributed by atoms with Gasteiger partial charge in [-0.2, -0.15) is 0 Å². The molecule has 212 valence electrons. The van der Waals surface area contributed by atoms with Crippen molar-refractivity contribution in [1.29, 1.82) is 0 Å². The van der Waals surface area contributed by atoms with E-state index in [0.29, 0.717) is 63.1 Å². The topological polar surface area (TPSA) is 85.4 Å². The van der Waals surface area contributed by atoms with E-state index in [2.05, 4.69) is 0 Å². The molecule has 0 unspecified atom stereocenters. The van der Waals surface area contributed by atoms with Crippen LogP contribution < -0.4 is 14.2 Å². The number of piperidine rings is 1. The molecular formula is C32H38N2O6. The number of likely N-dealkylation sites (tertiary alicyclic amines) is 2. The normalized spacial score (nSPS) is 18.1. The molecule has 2 amide bonds. The third-order valence-electron chi connectivity index (χ3n) is 8.19. The van der Waals surface area contributed by atoms with Crippen molar-refractivity contribution in [1.82, 2.24) is 9.80 Å². The Morgan fingerprint density at radius 3 is 2.42 bits per heavy atom. The Labute approximate surface area is 235 Å². The Morgan fingerprint density at radius 2 is 1.65 bits per heavy atom. The molecule has 0 aromatic heterocycles. The first-order valence-corrected chi connectivity index (χ1v) is 14.4. The van der Waals surface area contributed by atoms with E-state index in [9.17, 15) is 14.4 Å². The summed E-state index contributed by atoms with van der Waals surface area (Å²) >= 11 is 0. The summed E-state index contributed by atoms with van der Waals surface area (Å²) in [6, 6.07) is 12.9. The summed E-state index contributed by atoms with van der Waals surface area (Å²) in [5.74, 6) is 1.97. The zero-order valence-corrected chi connectivity index (χ0v) is 23.2. The van der Waals surface area contributed by atoms with Crippen LogP contribution in [0.4, 0.5) is 0 Å². The minimum Gasteiger partial charge on any atom is -0.493 e. The first kappa shape index (κ1) is 27.7. The average Bonchev–Trinajstić information content (AvgIpc) is 3.24. The van der Waals surface area contributed by atoms with Gasteiger partial charge in [0.1, 0.15) is 5.75 Å². The Bertz CT molecular complexity index is 1260. The maximum atomic E-state index is 13.0. The van der Waals surface area contributed by atoms with Crippen molar-refractivity contribution < 1.29 is 28.6 Å². The Morgan fingerprint density at radius 1 is 0.925 bits per heavy atom. The van der Waals surface area contributed by atoms with Crippen molar-refractivity contribution in [2.45, 2.75) is 45.4 Å². The maximum Gasteiger partial charge on any atom is 0.246 e. The summed E-state index contributed by atoms with van der Waals surface area (Å²) in [6.45, 7) is 6.44. The standard InChI is InChI=1S/C32H38N2O6/c1-2-38-27-7-4-3-6-24(27)9-12-30(36)33-17-14-32(15-18-33)16-19-34(23-32)31(37)13-10-26(35)25-8-11-28-29(22-25)40-21-5-20-39-28/h3-4,6-9,11-12,22H,2,5,10,13-21,23H2,1H3. The number of benzene rings is 2. The van der Waals surface area contributed by atoms with E-state index in [0.717, 1.165) is 37.0 Å². The van der Waals surface area contributed by atoms with Crippen molar-refractivity contribution in [3.05, 3.63) is 59.7 Å². The molecule has 5 rings (SSSR count). The van der Waals surface area contributed by atoms with Crippen LogP contribution in [0.15, 0.2) is 48.5 Å². The van der Waals surface area contributed by atoms with Gasteiger partial charge in [-0.05, 0) is 61.9 Å². The quantitative estimate of drug-likeness (QED) is 0.351. The number of ketones is 1. The molecule has 8 heteroatoms. The molecular weight excluding hydrogens is 508 g/mol. The van der Waals surface area contributed by atoms with Gasteiger partial charge in [0.25, 0.3) is 0 Å².